The Morgan fingerprint density at radius 3 is 2.33 bits per heavy atom. The summed E-state index contributed by atoms with van der Waals surface area (Å²) >= 11 is 0. The number of amides is 1. The van der Waals surface area contributed by atoms with Crippen molar-refractivity contribution in [1.82, 2.24) is 15.0 Å². The molecule has 1 amide bonds. The minimum atomic E-state index is -0.216. The van der Waals surface area contributed by atoms with E-state index in [9.17, 15) is 4.79 Å². The van der Waals surface area contributed by atoms with Gasteiger partial charge in [-0.25, -0.2) is 0 Å². The summed E-state index contributed by atoms with van der Waals surface area (Å²) in [7, 11) is 4.53. The fourth-order valence-electron chi connectivity index (χ4n) is 3.10. The Bertz CT molecular complexity index is 1010. The van der Waals surface area contributed by atoms with E-state index in [-0.39, 0.29) is 12.5 Å². The molecule has 3 rings (SSSR count). The fourth-order valence-corrected chi connectivity index (χ4v) is 3.10. The highest BCUT2D eigenvalue weighted by atomic mass is 16.5. The molecule has 1 aromatic heterocycles. The Balaban J connectivity index is 1.84. The molecule has 0 saturated heterocycles. The van der Waals surface area contributed by atoms with Gasteiger partial charge < -0.3 is 23.6 Å². The lowest BCUT2D eigenvalue weighted by Gasteiger charge is -2.20. The van der Waals surface area contributed by atoms with Crippen molar-refractivity contribution in [2.75, 3.05) is 27.9 Å². The number of aryl methyl sites for hydroxylation is 1. The van der Waals surface area contributed by atoms with Crippen LogP contribution in [0, 0.1) is 6.92 Å². The highest BCUT2D eigenvalue weighted by Crippen LogP contribution is 2.38. The van der Waals surface area contributed by atoms with Crippen molar-refractivity contribution in [2.24, 2.45) is 0 Å². The highest BCUT2D eigenvalue weighted by molar-refractivity contribution is 5.95. The quantitative estimate of drug-likeness (QED) is 0.558. The topological polar surface area (TPSA) is 86.9 Å². The average Bonchev–Trinajstić information content (AvgIpc) is 3.24. The molecule has 0 saturated carbocycles. The van der Waals surface area contributed by atoms with Crippen LogP contribution in [0.4, 0.5) is 0 Å². The van der Waals surface area contributed by atoms with E-state index in [0.717, 1.165) is 11.1 Å². The smallest absolute Gasteiger partial charge is 0.254 e. The van der Waals surface area contributed by atoms with Crippen molar-refractivity contribution >= 4 is 5.91 Å². The molecule has 0 spiro atoms. The van der Waals surface area contributed by atoms with Crippen molar-refractivity contribution in [3.63, 3.8) is 0 Å². The van der Waals surface area contributed by atoms with Crippen LogP contribution in [0.5, 0.6) is 17.2 Å². The van der Waals surface area contributed by atoms with Gasteiger partial charge >= 0.3 is 0 Å². The van der Waals surface area contributed by atoms with E-state index in [4.69, 9.17) is 18.7 Å². The minimum absolute atomic E-state index is 0.185. The standard InChI is InChI=1S/C22H25N3O5/c1-6-25(13-19-23-21(24-30-19)15-9-7-8-14(2)10-15)22(26)16-11-17(27-3)20(29-5)18(12-16)28-4/h7-12H,6,13H2,1-5H3. The van der Waals surface area contributed by atoms with Crippen molar-refractivity contribution in [1.29, 1.82) is 0 Å². The normalized spacial score (nSPS) is 10.6. The van der Waals surface area contributed by atoms with Crippen LogP contribution in [0.25, 0.3) is 11.4 Å². The maximum atomic E-state index is 13.1. The number of ether oxygens (including phenoxy) is 3. The molecule has 0 unspecified atom stereocenters. The van der Waals surface area contributed by atoms with Gasteiger partial charge in [0.25, 0.3) is 5.91 Å². The van der Waals surface area contributed by atoms with Crippen LogP contribution in [0.3, 0.4) is 0 Å². The second-order valence-corrected chi connectivity index (χ2v) is 6.61. The molecule has 8 heteroatoms. The number of hydrogen-bond acceptors (Lipinski definition) is 7. The predicted molar refractivity (Wildman–Crippen MR) is 111 cm³/mol. The summed E-state index contributed by atoms with van der Waals surface area (Å²) in [6.45, 7) is 4.52. The van der Waals surface area contributed by atoms with Crippen LogP contribution < -0.4 is 14.2 Å². The molecular weight excluding hydrogens is 386 g/mol. The van der Waals surface area contributed by atoms with Crippen LogP contribution in [0.15, 0.2) is 40.9 Å². The Labute approximate surface area is 175 Å². The maximum absolute atomic E-state index is 13.1. The first-order chi connectivity index (χ1) is 14.5. The van der Waals surface area contributed by atoms with Crippen molar-refractivity contribution < 1.29 is 23.5 Å². The molecule has 8 nitrogen and oxygen atoms in total. The van der Waals surface area contributed by atoms with Gasteiger partial charge in [-0.05, 0) is 32.0 Å². The third kappa shape index (κ3) is 4.37. The molecule has 1 heterocycles. The lowest BCUT2D eigenvalue weighted by molar-refractivity contribution is 0.0733. The van der Waals surface area contributed by atoms with E-state index in [1.54, 1.807) is 17.0 Å². The van der Waals surface area contributed by atoms with Crippen molar-refractivity contribution in [2.45, 2.75) is 20.4 Å². The molecule has 0 aliphatic rings. The number of benzene rings is 2. The van der Waals surface area contributed by atoms with Gasteiger partial charge in [-0.15, -0.1) is 0 Å². The zero-order valence-electron chi connectivity index (χ0n) is 17.8. The van der Waals surface area contributed by atoms with Gasteiger partial charge in [0.2, 0.25) is 17.5 Å². The molecule has 2 aromatic carbocycles. The average molecular weight is 411 g/mol. The van der Waals surface area contributed by atoms with Crippen molar-refractivity contribution in [3.8, 4) is 28.6 Å². The molecule has 0 N–H and O–H groups in total. The highest BCUT2D eigenvalue weighted by Gasteiger charge is 2.22. The summed E-state index contributed by atoms with van der Waals surface area (Å²) in [5, 5.41) is 4.04. The number of rotatable bonds is 8. The molecule has 3 aromatic rings. The first-order valence-corrected chi connectivity index (χ1v) is 9.49. The van der Waals surface area contributed by atoms with Gasteiger partial charge in [-0.3, -0.25) is 4.79 Å². The Kier molecular flexibility index (Phi) is 6.56. The maximum Gasteiger partial charge on any atom is 0.254 e. The SMILES string of the molecule is CCN(Cc1nc(-c2cccc(C)c2)no1)C(=O)c1cc(OC)c(OC)c(OC)c1. The molecule has 158 valence electrons. The molecule has 0 fully saturated rings. The van der Waals surface area contributed by atoms with Gasteiger partial charge in [-0.2, -0.15) is 4.98 Å². The van der Waals surface area contributed by atoms with Crippen LogP contribution in [-0.4, -0.2) is 48.8 Å². The van der Waals surface area contributed by atoms with E-state index < -0.39 is 0 Å². The summed E-state index contributed by atoms with van der Waals surface area (Å²) in [4.78, 5) is 19.2. The van der Waals surface area contributed by atoms with Gasteiger partial charge in [0.15, 0.2) is 11.5 Å². The Hall–Kier alpha value is -3.55. The Morgan fingerprint density at radius 1 is 1.07 bits per heavy atom. The molecule has 30 heavy (non-hydrogen) atoms. The van der Waals surface area contributed by atoms with E-state index in [1.807, 2.05) is 38.1 Å². The Morgan fingerprint density at radius 2 is 1.77 bits per heavy atom. The van der Waals surface area contributed by atoms with Crippen LogP contribution in [0.2, 0.25) is 0 Å². The van der Waals surface area contributed by atoms with E-state index in [2.05, 4.69) is 10.1 Å². The number of methoxy groups -OCH3 is 3. The van der Waals surface area contributed by atoms with Gasteiger partial charge in [-0.1, -0.05) is 28.9 Å². The van der Waals surface area contributed by atoms with E-state index >= 15 is 0 Å². The van der Waals surface area contributed by atoms with Gasteiger partial charge in [0.05, 0.1) is 21.3 Å². The monoisotopic (exact) mass is 411 g/mol. The van der Waals surface area contributed by atoms with Crippen LogP contribution >= 0.6 is 0 Å². The zero-order valence-corrected chi connectivity index (χ0v) is 17.8. The largest absolute Gasteiger partial charge is 0.493 e. The lowest BCUT2D eigenvalue weighted by atomic mass is 10.1. The first kappa shape index (κ1) is 21.2. The van der Waals surface area contributed by atoms with Gasteiger partial charge in [0, 0.05) is 17.7 Å². The zero-order chi connectivity index (χ0) is 21.7. The fraction of sp³-hybridized carbons (Fsp3) is 0.318. The number of hydrogen-bond donors (Lipinski definition) is 0. The summed E-state index contributed by atoms with van der Waals surface area (Å²) < 4.78 is 21.4. The summed E-state index contributed by atoms with van der Waals surface area (Å²) in [6, 6.07) is 11.1. The second kappa shape index (κ2) is 9.30. The number of aromatic nitrogens is 2. The summed E-state index contributed by atoms with van der Waals surface area (Å²) in [5.41, 5.74) is 2.38. The van der Waals surface area contributed by atoms with Gasteiger partial charge in [0.1, 0.15) is 6.54 Å². The lowest BCUT2D eigenvalue weighted by Crippen LogP contribution is -2.30. The molecular formula is C22H25N3O5. The van der Waals surface area contributed by atoms with Crippen molar-refractivity contribution in [3.05, 3.63) is 53.4 Å². The second-order valence-electron chi connectivity index (χ2n) is 6.61. The summed E-state index contributed by atoms with van der Waals surface area (Å²) in [6.07, 6.45) is 0. The van der Waals surface area contributed by atoms with Crippen LogP contribution in [0.1, 0.15) is 28.7 Å². The third-order valence-corrected chi connectivity index (χ3v) is 4.65. The third-order valence-electron chi connectivity index (χ3n) is 4.65. The van der Waals surface area contributed by atoms with E-state index in [1.165, 1.54) is 21.3 Å². The van der Waals surface area contributed by atoms with E-state index in [0.29, 0.717) is 41.1 Å². The minimum Gasteiger partial charge on any atom is -0.493 e. The number of carbonyl (C=O) groups is 1. The number of nitrogens with zero attached hydrogens (tertiary/aromatic N) is 3. The predicted octanol–water partition coefficient (Wildman–Crippen LogP) is 3.73. The summed E-state index contributed by atoms with van der Waals surface area (Å²) in [5.74, 6) is 1.89. The number of carbonyl (C=O) groups excluding carboxylic acids is 1. The first-order valence-electron chi connectivity index (χ1n) is 9.49. The molecule has 0 atom stereocenters. The van der Waals surface area contributed by atoms with Crippen LogP contribution in [-0.2, 0) is 6.54 Å². The molecule has 0 bridgehead atoms. The molecule has 0 radical (unpaired) electrons. The molecule has 0 aliphatic carbocycles. The molecule has 0 aliphatic heterocycles.